The molecule has 0 bridgehead atoms. The fourth-order valence-corrected chi connectivity index (χ4v) is 2.89. The molecule has 1 aromatic carbocycles. The lowest BCUT2D eigenvalue weighted by molar-refractivity contribution is -0.142. The van der Waals surface area contributed by atoms with Crippen LogP contribution in [0.4, 0.5) is 0 Å². The Morgan fingerprint density at radius 3 is 2.48 bits per heavy atom. The molecule has 0 radical (unpaired) electrons. The van der Waals surface area contributed by atoms with Crippen LogP contribution in [0.25, 0.3) is 0 Å². The Kier molecular flexibility index (Phi) is 4.64. The van der Waals surface area contributed by atoms with Crippen LogP contribution in [0.15, 0.2) is 12.1 Å². The van der Waals surface area contributed by atoms with Crippen molar-refractivity contribution in [3.63, 3.8) is 0 Å². The van der Waals surface area contributed by atoms with Gasteiger partial charge < -0.3 is 14.7 Å². The molecule has 1 heterocycles. The number of benzene rings is 1. The van der Waals surface area contributed by atoms with E-state index in [4.69, 9.17) is 33.0 Å². The topological polar surface area (TPSA) is 66.8 Å². The van der Waals surface area contributed by atoms with Crippen LogP contribution in [0, 0.1) is 5.92 Å². The lowest BCUT2D eigenvalue weighted by Crippen LogP contribution is -2.37. The van der Waals surface area contributed by atoms with Crippen LogP contribution in [-0.4, -0.2) is 41.6 Å². The molecule has 1 saturated heterocycles. The number of nitrogens with zero attached hydrogens (tertiary/aromatic N) is 1. The second-order valence-electron chi connectivity index (χ2n) is 4.94. The molecule has 7 heteroatoms. The molecule has 0 aliphatic carbocycles. The predicted octanol–water partition coefficient (Wildman–Crippen LogP) is 2.94. The Bertz CT molecular complexity index is 591. The molecule has 1 N–H and O–H groups in total. The summed E-state index contributed by atoms with van der Waals surface area (Å²) in [7, 11) is 1.43. The van der Waals surface area contributed by atoms with Crippen LogP contribution < -0.4 is 4.74 Å². The van der Waals surface area contributed by atoms with E-state index in [9.17, 15) is 9.59 Å². The van der Waals surface area contributed by atoms with Crippen molar-refractivity contribution in [1.29, 1.82) is 0 Å². The molecule has 2 unspecified atom stereocenters. The minimum atomic E-state index is -0.890. The van der Waals surface area contributed by atoms with Gasteiger partial charge in [0.25, 0.3) is 5.91 Å². The first kappa shape index (κ1) is 15.9. The quantitative estimate of drug-likeness (QED) is 0.924. The zero-order valence-corrected chi connectivity index (χ0v) is 13.1. The Balaban J connectivity index is 2.33. The van der Waals surface area contributed by atoms with Crippen molar-refractivity contribution in [2.75, 3.05) is 13.7 Å². The molecule has 2 atom stereocenters. The lowest BCUT2D eigenvalue weighted by atomic mass is 10.0. The molecule has 1 fully saturated rings. The summed E-state index contributed by atoms with van der Waals surface area (Å²) >= 11 is 11.9. The molecular weight excluding hydrogens is 317 g/mol. The molecule has 1 aliphatic rings. The first-order chi connectivity index (χ1) is 9.86. The zero-order valence-electron chi connectivity index (χ0n) is 11.6. The minimum absolute atomic E-state index is 0.252. The largest absolute Gasteiger partial charge is 0.496 e. The van der Waals surface area contributed by atoms with Gasteiger partial charge in [-0.25, -0.2) is 0 Å². The van der Waals surface area contributed by atoms with Crippen molar-refractivity contribution in [1.82, 2.24) is 4.90 Å². The first-order valence-corrected chi connectivity index (χ1v) is 7.19. The number of carbonyl (C=O) groups is 2. The van der Waals surface area contributed by atoms with Crippen molar-refractivity contribution < 1.29 is 19.4 Å². The van der Waals surface area contributed by atoms with E-state index in [2.05, 4.69) is 0 Å². The number of halogens is 2. The first-order valence-electron chi connectivity index (χ1n) is 6.43. The number of likely N-dealkylation sites (tertiary alicyclic amines) is 1. The second-order valence-corrected chi connectivity index (χ2v) is 5.75. The molecule has 2 rings (SSSR count). The third-order valence-electron chi connectivity index (χ3n) is 3.81. The van der Waals surface area contributed by atoms with Gasteiger partial charge in [-0.15, -0.1) is 0 Å². The van der Waals surface area contributed by atoms with E-state index in [1.54, 1.807) is 6.92 Å². The fraction of sp³-hybridized carbons (Fsp3) is 0.429. The van der Waals surface area contributed by atoms with Crippen molar-refractivity contribution in [2.45, 2.75) is 19.4 Å². The van der Waals surface area contributed by atoms with Gasteiger partial charge in [0.15, 0.2) is 0 Å². The summed E-state index contributed by atoms with van der Waals surface area (Å²) < 4.78 is 5.16. The highest BCUT2D eigenvalue weighted by Crippen LogP contribution is 2.33. The molecule has 1 amide bonds. The Hall–Kier alpha value is -1.46. The van der Waals surface area contributed by atoms with Crippen molar-refractivity contribution in [3.8, 4) is 5.75 Å². The maximum Gasteiger partial charge on any atom is 0.308 e. The number of carboxylic acids is 1. The number of rotatable bonds is 3. The highest BCUT2D eigenvalue weighted by molar-refractivity contribution is 6.42. The maximum absolute atomic E-state index is 12.6. The summed E-state index contributed by atoms with van der Waals surface area (Å²) in [4.78, 5) is 25.3. The van der Waals surface area contributed by atoms with E-state index in [0.29, 0.717) is 23.7 Å². The number of hydrogen-bond donors (Lipinski definition) is 1. The number of ether oxygens (including phenoxy) is 1. The SMILES string of the molecule is COc1cc(Cl)c(Cl)cc1C(=O)N1CCC(C(=O)O)C1C. The number of methoxy groups -OCH3 is 1. The van der Waals surface area contributed by atoms with Gasteiger partial charge in [-0.05, 0) is 19.4 Å². The average molecular weight is 332 g/mol. The highest BCUT2D eigenvalue weighted by Gasteiger charge is 2.39. The van der Waals surface area contributed by atoms with Crippen LogP contribution in [-0.2, 0) is 4.79 Å². The van der Waals surface area contributed by atoms with E-state index in [1.807, 2.05) is 0 Å². The third kappa shape index (κ3) is 2.94. The smallest absolute Gasteiger partial charge is 0.308 e. The number of hydrogen-bond acceptors (Lipinski definition) is 3. The van der Waals surface area contributed by atoms with Crippen LogP contribution in [0.3, 0.4) is 0 Å². The van der Waals surface area contributed by atoms with Gasteiger partial charge in [0, 0.05) is 18.7 Å². The van der Waals surface area contributed by atoms with Gasteiger partial charge in [-0.3, -0.25) is 9.59 Å². The van der Waals surface area contributed by atoms with Gasteiger partial charge in [0.05, 0.1) is 28.6 Å². The zero-order chi connectivity index (χ0) is 15.7. The molecule has 5 nitrogen and oxygen atoms in total. The van der Waals surface area contributed by atoms with E-state index in [0.717, 1.165) is 0 Å². The summed E-state index contributed by atoms with van der Waals surface area (Å²) in [5.74, 6) is -1.43. The summed E-state index contributed by atoms with van der Waals surface area (Å²) in [6.07, 6.45) is 0.436. The normalized spacial score (nSPS) is 21.4. The van der Waals surface area contributed by atoms with Gasteiger partial charge in [0.1, 0.15) is 5.75 Å². The monoisotopic (exact) mass is 331 g/mol. The highest BCUT2D eigenvalue weighted by atomic mass is 35.5. The lowest BCUT2D eigenvalue weighted by Gasteiger charge is -2.24. The molecule has 21 heavy (non-hydrogen) atoms. The van der Waals surface area contributed by atoms with Crippen LogP contribution in [0.5, 0.6) is 5.75 Å². The second kappa shape index (κ2) is 6.12. The average Bonchev–Trinajstić information content (AvgIpc) is 2.82. The van der Waals surface area contributed by atoms with Crippen molar-refractivity contribution in [3.05, 3.63) is 27.7 Å². The Labute approximate surface area is 132 Å². The van der Waals surface area contributed by atoms with Crippen LogP contribution >= 0.6 is 23.2 Å². The maximum atomic E-state index is 12.6. The van der Waals surface area contributed by atoms with Crippen molar-refractivity contribution >= 4 is 35.1 Å². The number of carboxylic acid groups (broad SMARTS) is 1. The summed E-state index contributed by atoms with van der Waals surface area (Å²) in [6.45, 7) is 2.12. The third-order valence-corrected chi connectivity index (χ3v) is 4.53. The summed E-state index contributed by atoms with van der Waals surface area (Å²) in [6, 6.07) is 2.55. The number of carbonyl (C=O) groups excluding carboxylic acids is 1. The van der Waals surface area contributed by atoms with Gasteiger partial charge in [0.2, 0.25) is 0 Å². The Morgan fingerprint density at radius 1 is 1.33 bits per heavy atom. The van der Waals surface area contributed by atoms with Crippen molar-refractivity contribution in [2.24, 2.45) is 5.92 Å². The van der Waals surface area contributed by atoms with Gasteiger partial charge in [-0.1, -0.05) is 23.2 Å². The summed E-state index contributed by atoms with van der Waals surface area (Å²) in [5, 5.41) is 9.68. The summed E-state index contributed by atoms with van der Waals surface area (Å²) in [5.41, 5.74) is 0.282. The molecule has 1 aliphatic heterocycles. The van der Waals surface area contributed by atoms with E-state index >= 15 is 0 Å². The molecule has 0 aromatic heterocycles. The van der Waals surface area contributed by atoms with E-state index in [1.165, 1.54) is 24.1 Å². The molecular formula is C14H15Cl2NO4. The van der Waals surface area contributed by atoms with Gasteiger partial charge >= 0.3 is 5.97 Å². The molecule has 114 valence electrons. The number of amides is 1. The van der Waals surface area contributed by atoms with Crippen LogP contribution in [0.1, 0.15) is 23.7 Å². The number of aliphatic carboxylic acids is 1. The molecule has 0 saturated carbocycles. The molecule has 0 spiro atoms. The predicted molar refractivity (Wildman–Crippen MR) is 79.3 cm³/mol. The Morgan fingerprint density at radius 2 is 1.95 bits per heavy atom. The standard InChI is InChI=1S/C14H15Cl2NO4/c1-7-8(14(19)20)3-4-17(7)13(18)9-5-10(15)11(16)6-12(9)21-2/h5-8H,3-4H2,1-2H3,(H,19,20). The van der Waals surface area contributed by atoms with E-state index in [-0.39, 0.29) is 22.5 Å². The van der Waals surface area contributed by atoms with Crippen LogP contribution in [0.2, 0.25) is 10.0 Å². The van der Waals surface area contributed by atoms with Gasteiger partial charge in [-0.2, -0.15) is 0 Å². The minimum Gasteiger partial charge on any atom is -0.496 e. The van der Waals surface area contributed by atoms with E-state index < -0.39 is 11.9 Å². The molecule has 1 aromatic rings. The fourth-order valence-electron chi connectivity index (χ4n) is 2.58.